The predicted molar refractivity (Wildman–Crippen MR) is 91.2 cm³/mol. The number of nitrogens with one attached hydrogen (secondary N) is 1. The van der Waals surface area contributed by atoms with E-state index in [4.69, 9.17) is 16.7 Å². The number of carbonyl (C=O) groups is 1. The van der Waals surface area contributed by atoms with Crippen LogP contribution in [0.3, 0.4) is 0 Å². The van der Waals surface area contributed by atoms with Gasteiger partial charge in [-0.05, 0) is 54.5 Å². The highest BCUT2D eigenvalue weighted by atomic mass is 35.5. The first-order valence-electron chi connectivity index (χ1n) is 6.57. The summed E-state index contributed by atoms with van der Waals surface area (Å²) < 4.78 is 26.5. The van der Waals surface area contributed by atoms with Gasteiger partial charge in [-0.3, -0.25) is 4.72 Å². The lowest BCUT2D eigenvalue weighted by Gasteiger charge is -2.08. The van der Waals surface area contributed by atoms with Gasteiger partial charge in [0.05, 0.1) is 16.7 Å². The Hall–Kier alpha value is -2.31. The normalized spacial score (nSPS) is 11.6. The van der Waals surface area contributed by atoms with E-state index in [1.165, 1.54) is 24.3 Å². The molecule has 2 rings (SSSR count). The van der Waals surface area contributed by atoms with Gasteiger partial charge in [-0.2, -0.15) is 0 Å². The largest absolute Gasteiger partial charge is 0.478 e. The fourth-order valence-electron chi connectivity index (χ4n) is 1.84. The molecule has 0 aliphatic heterocycles. The van der Waals surface area contributed by atoms with Gasteiger partial charge in [-0.15, -0.1) is 0 Å². The van der Waals surface area contributed by atoms with Crippen molar-refractivity contribution in [2.45, 2.75) is 6.92 Å². The third-order valence-corrected chi connectivity index (χ3v) is 4.29. The fraction of sp³-hybridized carbons (Fsp3) is 0.0625. The van der Waals surface area contributed by atoms with Gasteiger partial charge in [-0.1, -0.05) is 23.7 Å². The zero-order valence-corrected chi connectivity index (χ0v) is 13.7. The SMILES string of the molecule is Cc1cc(C(=O)O)ccc1NS(=O)(=O)C=Cc1ccc(Cl)cc1. The van der Waals surface area contributed by atoms with Crippen LogP contribution in [0.2, 0.25) is 5.02 Å². The summed E-state index contributed by atoms with van der Waals surface area (Å²) in [4.78, 5) is 10.9. The molecule has 0 spiro atoms. The molecule has 0 aliphatic carbocycles. The molecular weight excluding hydrogens is 338 g/mol. The smallest absolute Gasteiger partial charge is 0.335 e. The molecule has 0 saturated heterocycles. The number of anilines is 1. The summed E-state index contributed by atoms with van der Waals surface area (Å²) in [6.45, 7) is 1.63. The molecule has 0 unspecified atom stereocenters. The summed E-state index contributed by atoms with van der Waals surface area (Å²) in [6.07, 6.45) is 1.44. The Morgan fingerprint density at radius 3 is 2.39 bits per heavy atom. The number of aromatic carboxylic acids is 1. The van der Waals surface area contributed by atoms with Crippen molar-refractivity contribution in [1.82, 2.24) is 0 Å². The molecular formula is C16H14ClNO4S. The zero-order valence-electron chi connectivity index (χ0n) is 12.2. The van der Waals surface area contributed by atoms with Crippen molar-refractivity contribution in [3.8, 4) is 0 Å². The van der Waals surface area contributed by atoms with Crippen LogP contribution in [-0.4, -0.2) is 19.5 Å². The van der Waals surface area contributed by atoms with Crippen molar-refractivity contribution >= 4 is 39.4 Å². The van der Waals surface area contributed by atoms with E-state index in [1.807, 2.05) is 0 Å². The average Bonchev–Trinajstić information content (AvgIpc) is 2.48. The third-order valence-electron chi connectivity index (χ3n) is 3.04. The van der Waals surface area contributed by atoms with E-state index in [0.717, 1.165) is 5.41 Å². The first-order chi connectivity index (χ1) is 10.8. The molecule has 0 atom stereocenters. The lowest BCUT2D eigenvalue weighted by atomic mass is 10.1. The lowest BCUT2D eigenvalue weighted by Crippen LogP contribution is -2.10. The van der Waals surface area contributed by atoms with Crippen molar-refractivity contribution in [3.05, 3.63) is 69.6 Å². The molecule has 120 valence electrons. The van der Waals surface area contributed by atoms with Crippen molar-refractivity contribution in [1.29, 1.82) is 0 Å². The molecule has 2 aromatic rings. The minimum atomic E-state index is -3.71. The summed E-state index contributed by atoms with van der Waals surface area (Å²) in [7, 11) is -3.71. The van der Waals surface area contributed by atoms with Gasteiger partial charge in [0.2, 0.25) is 0 Å². The minimum Gasteiger partial charge on any atom is -0.478 e. The van der Waals surface area contributed by atoms with Crippen LogP contribution in [0.5, 0.6) is 0 Å². The average molecular weight is 352 g/mol. The monoisotopic (exact) mass is 351 g/mol. The number of rotatable bonds is 5. The maximum Gasteiger partial charge on any atom is 0.335 e. The molecule has 0 bridgehead atoms. The van der Waals surface area contributed by atoms with Crippen LogP contribution in [-0.2, 0) is 10.0 Å². The van der Waals surface area contributed by atoms with Crippen LogP contribution in [0.4, 0.5) is 5.69 Å². The topological polar surface area (TPSA) is 83.5 Å². The standard InChI is InChI=1S/C16H14ClNO4S/c1-11-10-13(16(19)20)4-7-15(11)18-23(21,22)9-8-12-2-5-14(17)6-3-12/h2-10,18H,1H3,(H,19,20). The maximum atomic E-state index is 12.1. The quantitative estimate of drug-likeness (QED) is 0.859. The predicted octanol–water partition coefficient (Wildman–Crippen LogP) is 3.76. The van der Waals surface area contributed by atoms with Crippen LogP contribution in [0, 0.1) is 6.92 Å². The van der Waals surface area contributed by atoms with E-state index in [-0.39, 0.29) is 5.56 Å². The van der Waals surface area contributed by atoms with E-state index in [9.17, 15) is 13.2 Å². The molecule has 0 radical (unpaired) electrons. The molecule has 0 saturated carbocycles. The molecule has 0 amide bonds. The van der Waals surface area contributed by atoms with E-state index in [1.54, 1.807) is 31.2 Å². The maximum absolute atomic E-state index is 12.1. The Labute approximate surface area is 139 Å². The number of hydrogen-bond donors (Lipinski definition) is 2. The second kappa shape index (κ2) is 6.85. The number of carboxylic acid groups (broad SMARTS) is 1. The number of carboxylic acids is 1. The van der Waals surface area contributed by atoms with Gasteiger partial charge in [-0.25, -0.2) is 13.2 Å². The van der Waals surface area contributed by atoms with Gasteiger partial charge in [0.1, 0.15) is 0 Å². The molecule has 23 heavy (non-hydrogen) atoms. The molecule has 0 aromatic heterocycles. The number of hydrogen-bond acceptors (Lipinski definition) is 3. The van der Waals surface area contributed by atoms with Crippen molar-refractivity contribution in [2.75, 3.05) is 4.72 Å². The Balaban J connectivity index is 2.18. The highest BCUT2D eigenvalue weighted by Gasteiger charge is 2.10. The first kappa shape index (κ1) is 17.1. The fourth-order valence-corrected chi connectivity index (χ4v) is 2.91. The molecule has 0 heterocycles. The number of aryl methyl sites for hydroxylation is 1. The van der Waals surface area contributed by atoms with Gasteiger partial charge < -0.3 is 5.11 Å². The lowest BCUT2D eigenvalue weighted by molar-refractivity contribution is 0.0697. The Kier molecular flexibility index (Phi) is 5.08. The summed E-state index contributed by atoms with van der Waals surface area (Å²) in [5.74, 6) is -1.06. The zero-order chi connectivity index (χ0) is 17.0. The summed E-state index contributed by atoms with van der Waals surface area (Å²) in [5, 5.41) is 10.5. The van der Waals surface area contributed by atoms with Crippen LogP contribution in [0.25, 0.3) is 6.08 Å². The second-order valence-electron chi connectivity index (χ2n) is 4.84. The van der Waals surface area contributed by atoms with E-state index < -0.39 is 16.0 Å². The van der Waals surface area contributed by atoms with Crippen LogP contribution < -0.4 is 4.72 Å². The third kappa shape index (κ3) is 4.84. The van der Waals surface area contributed by atoms with E-state index in [0.29, 0.717) is 21.8 Å². The summed E-state index contributed by atoms with van der Waals surface area (Å²) >= 11 is 5.76. The summed E-state index contributed by atoms with van der Waals surface area (Å²) in [5.41, 5.74) is 1.64. The number of sulfonamides is 1. The van der Waals surface area contributed by atoms with Crippen molar-refractivity contribution in [3.63, 3.8) is 0 Å². The minimum absolute atomic E-state index is 0.0992. The van der Waals surface area contributed by atoms with Crippen LogP contribution in [0.15, 0.2) is 47.9 Å². The molecule has 0 aliphatic rings. The Bertz CT molecular complexity index is 858. The molecule has 2 N–H and O–H groups in total. The number of benzene rings is 2. The molecule has 7 heteroatoms. The van der Waals surface area contributed by atoms with Gasteiger partial charge in [0.15, 0.2) is 0 Å². The van der Waals surface area contributed by atoms with Gasteiger partial charge in [0, 0.05) is 5.02 Å². The Morgan fingerprint density at radius 2 is 1.83 bits per heavy atom. The molecule has 5 nitrogen and oxygen atoms in total. The molecule has 0 fully saturated rings. The first-order valence-corrected chi connectivity index (χ1v) is 8.50. The van der Waals surface area contributed by atoms with E-state index in [2.05, 4.69) is 4.72 Å². The highest BCUT2D eigenvalue weighted by Crippen LogP contribution is 2.19. The van der Waals surface area contributed by atoms with Gasteiger partial charge >= 0.3 is 5.97 Å². The second-order valence-corrected chi connectivity index (χ2v) is 6.84. The van der Waals surface area contributed by atoms with Crippen molar-refractivity contribution in [2.24, 2.45) is 0 Å². The van der Waals surface area contributed by atoms with Gasteiger partial charge in [0.25, 0.3) is 10.0 Å². The summed E-state index contributed by atoms with van der Waals surface area (Å²) in [6, 6.07) is 10.9. The van der Waals surface area contributed by atoms with E-state index >= 15 is 0 Å². The molecule has 2 aromatic carbocycles. The number of halogens is 1. The Morgan fingerprint density at radius 1 is 1.17 bits per heavy atom. The van der Waals surface area contributed by atoms with Crippen molar-refractivity contribution < 1.29 is 18.3 Å². The van der Waals surface area contributed by atoms with Crippen LogP contribution >= 0.6 is 11.6 Å². The highest BCUT2D eigenvalue weighted by molar-refractivity contribution is 7.95. The van der Waals surface area contributed by atoms with Crippen LogP contribution in [0.1, 0.15) is 21.5 Å².